The number of rotatable bonds is 4. The van der Waals surface area contributed by atoms with Gasteiger partial charge in [0.05, 0.1) is 17.2 Å². The van der Waals surface area contributed by atoms with E-state index in [0.29, 0.717) is 23.0 Å². The van der Waals surface area contributed by atoms with Gasteiger partial charge in [0.25, 0.3) is 0 Å². The summed E-state index contributed by atoms with van der Waals surface area (Å²) in [6, 6.07) is 0. The van der Waals surface area contributed by atoms with Gasteiger partial charge in [-0.15, -0.1) is 11.3 Å². The third-order valence-electron chi connectivity index (χ3n) is 3.67. The number of hydrogen-bond acceptors (Lipinski definition) is 6. The molecule has 2 rings (SSSR count). The fourth-order valence-electron chi connectivity index (χ4n) is 2.69. The molecule has 0 saturated carbocycles. The lowest BCUT2D eigenvalue weighted by Crippen LogP contribution is -2.34. The first-order chi connectivity index (χ1) is 9.95. The molecule has 1 saturated heterocycles. The first kappa shape index (κ1) is 15.8. The molecule has 1 aliphatic rings. The Morgan fingerprint density at radius 2 is 2.19 bits per heavy atom. The molecule has 0 spiro atoms. The summed E-state index contributed by atoms with van der Waals surface area (Å²) in [6.45, 7) is 7.48. The number of ketones is 1. The molecule has 21 heavy (non-hydrogen) atoms. The number of anilines is 2. The largest absolute Gasteiger partial charge is 0.462 e. The van der Waals surface area contributed by atoms with E-state index in [1.54, 1.807) is 6.92 Å². The number of Topliss-reactive ketones (excluding diaryl/α,β-unsaturated/α-hetero) is 1. The quantitative estimate of drug-likeness (QED) is 0.684. The summed E-state index contributed by atoms with van der Waals surface area (Å²) in [5.74, 6) is 0.0178. The van der Waals surface area contributed by atoms with Gasteiger partial charge in [-0.05, 0) is 25.7 Å². The van der Waals surface area contributed by atoms with Gasteiger partial charge in [0, 0.05) is 20.0 Å². The second-order valence-electron chi connectivity index (χ2n) is 5.50. The van der Waals surface area contributed by atoms with Gasteiger partial charge in [-0.3, -0.25) is 4.79 Å². The highest BCUT2D eigenvalue weighted by molar-refractivity contribution is 7.19. The molecule has 116 valence electrons. The van der Waals surface area contributed by atoms with Crippen molar-refractivity contribution in [3.63, 3.8) is 0 Å². The fourth-order valence-corrected chi connectivity index (χ4v) is 3.83. The number of carbonyl (C=O) groups is 2. The Kier molecular flexibility index (Phi) is 4.88. The van der Waals surface area contributed by atoms with Crippen LogP contribution in [-0.4, -0.2) is 31.4 Å². The second-order valence-corrected chi connectivity index (χ2v) is 6.49. The minimum absolute atomic E-state index is 0.112. The Morgan fingerprint density at radius 1 is 1.48 bits per heavy atom. The SMILES string of the molecule is CCOC(=O)c1c(N2CCCC(C)C2)sc(C(C)=O)c1N. The number of esters is 1. The van der Waals surface area contributed by atoms with E-state index in [4.69, 9.17) is 10.5 Å². The number of nitrogen functional groups attached to an aromatic ring is 1. The number of nitrogens with zero attached hydrogens (tertiary/aromatic N) is 1. The topological polar surface area (TPSA) is 72.6 Å². The molecule has 1 unspecified atom stereocenters. The smallest absolute Gasteiger partial charge is 0.343 e. The van der Waals surface area contributed by atoms with Gasteiger partial charge >= 0.3 is 5.97 Å². The maximum atomic E-state index is 12.2. The lowest BCUT2D eigenvalue weighted by atomic mass is 10.0. The summed E-state index contributed by atoms with van der Waals surface area (Å²) in [7, 11) is 0. The number of thiophene rings is 1. The van der Waals surface area contributed by atoms with Crippen LogP contribution in [-0.2, 0) is 4.74 Å². The van der Waals surface area contributed by atoms with Crippen molar-refractivity contribution in [2.75, 3.05) is 30.3 Å². The lowest BCUT2D eigenvalue weighted by molar-refractivity contribution is 0.0528. The molecule has 0 amide bonds. The molecular weight excluding hydrogens is 288 g/mol. The molecule has 6 heteroatoms. The summed E-state index contributed by atoms with van der Waals surface area (Å²) < 4.78 is 5.11. The van der Waals surface area contributed by atoms with E-state index in [0.717, 1.165) is 24.5 Å². The zero-order valence-corrected chi connectivity index (χ0v) is 13.6. The maximum absolute atomic E-state index is 12.2. The third-order valence-corrected chi connectivity index (χ3v) is 5.04. The van der Waals surface area contributed by atoms with Crippen LogP contribution in [0.3, 0.4) is 0 Å². The Morgan fingerprint density at radius 3 is 2.76 bits per heavy atom. The zero-order valence-electron chi connectivity index (χ0n) is 12.8. The molecule has 2 N–H and O–H groups in total. The van der Waals surface area contributed by atoms with Gasteiger partial charge < -0.3 is 15.4 Å². The van der Waals surface area contributed by atoms with Crippen molar-refractivity contribution in [3.05, 3.63) is 10.4 Å². The van der Waals surface area contributed by atoms with E-state index in [1.165, 1.54) is 24.7 Å². The fraction of sp³-hybridized carbons (Fsp3) is 0.600. The molecule has 0 bridgehead atoms. The van der Waals surface area contributed by atoms with Crippen molar-refractivity contribution < 1.29 is 14.3 Å². The average molecular weight is 310 g/mol. The average Bonchev–Trinajstić information content (AvgIpc) is 2.77. The Balaban J connectivity index is 2.45. The number of carbonyl (C=O) groups excluding carboxylic acids is 2. The van der Waals surface area contributed by atoms with Crippen molar-refractivity contribution >= 4 is 33.8 Å². The van der Waals surface area contributed by atoms with Crippen LogP contribution in [0, 0.1) is 5.92 Å². The van der Waals surface area contributed by atoms with Crippen molar-refractivity contribution in [2.24, 2.45) is 5.92 Å². The van der Waals surface area contributed by atoms with E-state index >= 15 is 0 Å². The summed E-state index contributed by atoms with van der Waals surface area (Å²) >= 11 is 1.31. The number of hydrogen-bond donors (Lipinski definition) is 1. The summed E-state index contributed by atoms with van der Waals surface area (Å²) in [5.41, 5.74) is 6.66. The molecule has 2 heterocycles. The van der Waals surface area contributed by atoms with Crippen LogP contribution in [0.25, 0.3) is 0 Å². The Labute approximate surface area is 129 Å². The van der Waals surface area contributed by atoms with Gasteiger partial charge in [-0.2, -0.15) is 0 Å². The Bertz CT molecular complexity index is 553. The van der Waals surface area contributed by atoms with E-state index in [1.807, 2.05) is 0 Å². The second kappa shape index (κ2) is 6.47. The highest BCUT2D eigenvalue weighted by atomic mass is 32.1. The lowest BCUT2D eigenvalue weighted by Gasteiger charge is -2.32. The summed E-state index contributed by atoms with van der Waals surface area (Å²) in [4.78, 5) is 26.5. The van der Waals surface area contributed by atoms with Crippen LogP contribution in [0.1, 0.15) is 53.6 Å². The van der Waals surface area contributed by atoms with E-state index < -0.39 is 5.97 Å². The molecule has 0 radical (unpaired) electrons. The summed E-state index contributed by atoms with van der Waals surface area (Å²) in [6.07, 6.45) is 2.27. The molecule has 0 aromatic carbocycles. The molecule has 1 atom stereocenters. The van der Waals surface area contributed by atoms with Crippen molar-refractivity contribution in [1.29, 1.82) is 0 Å². The van der Waals surface area contributed by atoms with Crippen LogP contribution in [0.4, 0.5) is 10.7 Å². The number of nitrogens with two attached hydrogens (primary N) is 1. The van der Waals surface area contributed by atoms with E-state index in [9.17, 15) is 9.59 Å². The number of piperidine rings is 1. The highest BCUT2D eigenvalue weighted by Crippen LogP contribution is 2.40. The third kappa shape index (κ3) is 3.20. The minimum Gasteiger partial charge on any atom is -0.462 e. The Hall–Kier alpha value is -1.56. The molecule has 1 aromatic heterocycles. The molecule has 0 aliphatic carbocycles. The van der Waals surface area contributed by atoms with Crippen molar-refractivity contribution in [3.8, 4) is 0 Å². The standard InChI is InChI=1S/C15H22N2O3S/c1-4-20-15(19)11-12(16)13(10(3)18)21-14(11)17-7-5-6-9(2)8-17/h9H,4-8,16H2,1-3H3. The predicted octanol–water partition coefficient (Wildman–Crippen LogP) is 2.95. The van der Waals surface area contributed by atoms with Gasteiger partial charge in [-0.1, -0.05) is 6.92 Å². The van der Waals surface area contributed by atoms with Crippen LogP contribution < -0.4 is 10.6 Å². The molecule has 5 nitrogen and oxygen atoms in total. The highest BCUT2D eigenvalue weighted by Gasteiger charge is 2.29. The number of ether oxygens (including phenoxy) is 1. The molecular formula is C15H22N2O3S. The van der Waals surface area contributed by atoms with Crippen molar-refractivity contribution in [1.82, 2.24) is 0 Å². The van der Waals surface area contributed by atoms with Crippen LogP contribution in [0.5, 0.6) is 0 Å². The predicted molar refractivity (Wildman–Crippen MR) is 85.3 cm³/mol. The normalized spacial score (nSPS) is 18.6. The maximum Gasteiger partial charge on any atom is 0.343 e. The minimum atomic E-state index is -0.438. The monoisotopic (exact) mass is 310 g/mol. The van der Waals surface area contributed by atoms with Gasteiger partial charge in [0.2, 0.25) is 0 Å². The molecule has 1 fully saturated rings. The summed E-state index contributed by atoms with van der Waals surface area (Å²) in [5, 5.41) is 0.780. The zero-order chi connectivity index (χ0) is 15.6. The van der Waals surface area contributed by atoms with Crippen LogP contribution in [0.15, 0.2) is 0 Å². The van der Waals surface area contributed by atoms with Crippen molar-refractivity contribution in [2.45, 2.75) is 33.6 Å². The van der Waals surface area contributed by atoms with E-state index in [-0.39, 0.29) is 11.5 Å². The van der Waals surface area contributed by atoms with Gasteiger partial charge in [0.1, 0.15) is 10.6 Å². The molecule has 1 aromatic rings. The molecule has 1 aliphatic heterocycles. The van der Waals surface area contributed by atoms with E-state index in [2.05, 4.69) is 11.8 Å². The first-order valence-electron chi connectivity index (χ1n) is 7.30. The van der Waals surface area contributed by atoms with Gasteiger partial charge in [-0.25, -0.2) is 4.79 Å². The first-order valence-corrected chi connectivity index (χ1v) is 8.12. The van der Waals surface area contributed by atoms with Crippen LogP contribution in [0.2, 0.25) is 0 Å². The van der Waals surface area contributed by atoms with Crippen LogP contribution >= 0.6 is 11.3 Å². The van der Waals surface area contributed by atoms with Gasteiger partial charge in [0.15, 0.2) is 5.78 Å².